The second-order valence-corrected chi connectivity index (χ2v) is 12.3. The molecule has 0 saturated heterocycles. The highest BCUT2D eigenvalue weighted by molar-refractivity contribution is 5.92. The maximum Gasteiger partial charge on any atom is 0.408 e. The van der Waals surface area contributed by atoms with Gasteiger partial charge in [0, 0.05) is 13.1 Å². The first-order valence-electron chi connectivity index (χ1n) is 15.3. The van der Waals surface area contributed by atoms with Crippen LogP contribution in [0.1, 0.15) is 104 Å². The van der Waals surface area contributed by atoms with E-state index < -0.39 is 23.8 Å². The van der Waals surface area contributed by atoms with Crippen molar-refractivity contribution in [2.75, 3.05) is 6.54 Å². The number of carbonyl (C=O) groups excluding carboxylic acids is 3. The molecule has 42 heavy (non-hydrogen) atoms. The third kappa shape index (κ3) is 12.5. The molecule has 8 heteroatoms. The average Bonchev–Trinajstić information content (AvgIpc) is 2.91. The normalized spacial score (nSPS) is 12.8. The van der Waals surface area contributed by atoms with E-state index in [-0.39, 0.29) is 23.5 Å². The van der Waals surface area contributed by atoms with Gasteiger partial charge in [-0.1, -0.05) is 95.3 Å². The lowest BCUT2D eigenvalue weighted by Crippen LogP contribution is -2.53. The van der Waals surface area contributed by atoms with Gasteiger partial charge in [-0.2, -0.15) is 0 Å². The fourth-order valence-electron chi connectivity index (χ4n) is 4.82. The number of phenolic OH excluding ortho intramolecular Hbond substituents is 1. The van der Waals surface area contributed by atoms with Crippen LogP contribution in [0, 0.1) is 5.92 Å². The monoisotopic (exact) mass is 581 g/mol. The Bertz CT molecular complexity index is 1110. The van der Waals surface area contributed by atoms with Gasteiger partial charge in [0.1, 0.15) is 23.4 Å². The maximum atomic E-state index is 14.3. The molecular formula is C34H51N3O5. The first kappa shape index (κ1) is 34.7. The van der Waals surface area contributed by atoms with Gasteiger partial charge in [-0.25, -0.2) is 4.79 Å². The highest BCUT2D eigenvalue weighted by Crippen LogP contribution is 2.27. The van der Waals surface area contributed by atoms with Gasteiger partial charge in [-0.3, -0.25) is 9.59 Å². The van der Waals surface area contributed by atoms with Crippen molar-refractivity contribution in [3.8, 4) is 5.75 Å². The first-order chi connectivity index (χ1) is 19.9. The number of carbonyl (C=O) groups is 3. The molecular weight excluding hydrogens is 530 g/mol. The van der Waals surface area contributed by atoms with Crippen LogP contribution >= 0.6 is 0 Å². The summed E-state index contributed by atoms with van der Waals surface area (Å²) in [5.41, 5.74) is 0.703. The molecule has 232 valence electrons. The second-order valence-electron chi connectivity index (χ2n) is 12.3. The number of rotatable bonds is 16. The van der Waals surface area contributed by atoms with Crippen molar-refractivity contribution < 1.29 is 24.2 Å². The Balaban J connectivity index is 2.45. The van der Waals surface area contributed by atoms with Gasteiger partial charge in [0.2, 0.25) is 11.8 Å². The topological polar surface area (TPSA) is 108 Å². The predicted molar refractivity (Wildman–Crippen MR) is 167 cm³/mol. The zero-order chi connectivity index (χ0) is 31.1. The minimum atomic E-state index is -1.00. The molecule has 3 N–H and O–H groups in total. The first-order valence-corrected chi connectivity index (χ1v) is 15.3. The lowest BCUT2D eigenvalue weighted by Gasteiger charge is -2.35. The van der Waals surface area contributed by atoms with Crippen LogP contribution < -0.4 is 10.6 Å². The standard InChI is InChI=1S/C34H51N3O5/c1-7-8-9-10-11-15-21-37(32(40)29(22-25(2)3)36-33(41)42-34(4,5)6)30(27-19-16-20-28(38)23-27)31(39)35-24-26-17-13-12-14-18-26/h12-14,16-20,23,25,29-30,38H,7-11,15,21-22,24H2,1-6H3,(H,35,39)(H,36,41). The smallest absolute Gasteiger partial charge is 0.408 e. The van der Waals surface area contributed by atoms with E-state index in [2.05, 4.69) is 17.6 Å². The minimum Gasteiger partial charge on any atom is -0.508 e. The van der Waals surface area contributed by atoms with E-state index >= 15 is 0 Å². The van der Waals surface area contributed by atoms with E-state index in [1.807, 2.05) is 44.2 Å². The number of hydrogen-bond donors (Lipinski definition) is 3. The number of unbranched alkanes of at least 4 members (excludes halogenated alkanes) is 5. The zero-order valence-electron chi connectivity index (χ0n) is 26.3. The van der Waals surface area contributed by atoms with Crippen LogP contribution in [0.3, 0.4) is 0 Å². The third-order valence-corrected chi connectivity index (χ3v) is 6.79. The number of alkyl carbamates (subject to hydrolysis) is 1. The molecule has 0 heterocycles. The lowest BCUT2D eigenvalue weighted by atomic mass is 9.98. The number of nitrogens with one attached hydrogen (secondary N) is 2. The van der Waals surface area contributed by atoms with E-state index in [1.54, 1.807) is 37.8 Å². The molecule has 0 aliphatic rings. The number of hydrogen-bond acceptors (Lipinski definition) is 5. The van der Waals surface area contributed by atoms with Crippen molar-refractivity contribution >= 4 is 17.9 Å². The van der Waals surface area contributed by atoms with Crippen molar-refractivity contribution in [3.63, 3.8) is 0 Å². The Kier molecular flexibility index (Phi) is 14.4. The van der Waals surface area contributed by atoms with Gasteiger partial charge in [-0.05, 0) is 62.8 Å². The van der Waals surface area contributed by atoms with E-state index in [9.17, 15) is 19.5 Å². The van der Waals surface area contributed by atoms with Crippen LogP contribution in [0.4, 0.5) is 4.79 Å². The molecule has 0 aromatic heterocycles. The number of aromatic hydroxyl groups is 1. The fraction of sp³-hybridized carbons (Fsp3) is 0.559. The van der Waals surface area contributed by atoms with Crippen molar-refractivity contribution in [2.24, 2.45) is 5.92 Å². The summed E-state index contributed by atoms with van der Waals surface area (Å²) in [4.78, 5) is 42.6. The van der Waals surface area contributed by atoms with Crippen LogP contribution in [0.2, 0.25) is 0 Å². The Morgan fingerprint density at radius 2 is 1.60 bits per heavy atom. The van der Waals surface area contributed by atoms with Crippen molar-refractivity contribution in [1.82, 2.24) is 15.5 Å². The van der Waals surface area contributed by atoms with Crippen LogP contribution in [0.15, 0.2) is 54.6 Å². The number of phenols is 1. The maximum absolute atomic E-state index is 14.3. The van der Waals surface area contributed by atoms with Gasteiger partial charge in [-0.15, -0.1) is 0 Å². The number of nitrogens with zero attached hydrogens (tertiary/aromatic N) is 1. The summed E-state index contributed by atoms with van der Waals surface area (Å²) in [7, 11) is 0. The quantitative estimate of drug-likeness (QED) is 0.187. The summed E-state index contributed by atoms with van der Waals surface area (Å²) < 4.78 is 5.48. The molecule has 2 aromatic rings. The number of benzene rings is 2. The molecule has 2 atom stereocenters. The highest BCUT2D eigenvalue weighted by Gasteiger charge is 2.36. The molecule has 0 fully saturated rings. The Morgan fingerprint density at radius 3 is 2.21 bits per heavy atom. The number of amides is 3. The highest BCUT2D eigenvalue weighted by atomic mass is 16.6. The molecule has 2 aromatic carbocycles. The van der Waals surface area contributed by atoms with Gasteiger partial charge in [0.25, 0.3) is 0 Å². The summed E-state index contributed by atoms with van der Waals surface area (Å²) in [6.07, 6.45) is 5.78. The Hall–Kier alpha value is -3.55. The van der Waals surface area contributed by atoms with E-state index in [0.717, 1.165) is 37.7 Å². The van der Waals surface area contributed by atoms with Crippen LogP contribution in [-0.2, 0) is 20.9 Å². The molecule has 0 spiro atoms. The van der Waals surface area contributed by atoms with Gasteiger partial charge in [0.15, 0.2) is 0 Å². The molecule has 8 nitrogen and oxygen atoms in total. The van der Waals surface area contributed by atoms with Gasteiger partial charge >= 0.3 is 6.09 Å². The summed E-state index contributed by atoms with van der Waals surface area (Å²) in [5, 5.41) is 16.1. The third-order valence-electron chi connectivity index (χ3n) is 6.79. The van der Waals surface area contributed by atoms with Crippen LogP contribution in [-0.4, -0.2) is 46.1 Å². The predicted octanol–water partition coefficient (Wildman–Crippen LogP) is 6.88. The summed E-state index contributed by atoms with van der Waals surface area (Å²) in [6, 6.07) is 14.1. The van der Waals surface area contributed by atoms with E-state index in [0.29, 0.717) is 31.5 Å². The molecule has 0 radical (unpaired) electrons. The number of ether oxygens (including phenoxy) is 1. The van der Waals surface area contributed by atoms with Gasteiger partial charge < -0.3 is 25.4 Å². The average molecular weight is 582 g/mol. The van der Waals surface area contributed by atoms with Crippen molar-refractivity contribution in [2.45, 2.75) is 111 Å². The molecule has 2 unspecified atom stereocenters. The van der Waals surface area contributed by atoms with Crippen molar-refractivity contribution in [3.05, 3.63) is 65.7 Å². The zero-order valence-corrected chi connectivity index (χ0v) is 26.3. The molecule has 0 saturated carbocycles. The largest absolute Gasteiger partial charge is 0.508 e. The van der Waals surface area contributed by atoms with Gasteiger partial charge in [0.05, 0.1) is 0 Å². The van der Waals surface area contributed by atoms with E-state index in [1.165, 1.54) is 12.1 Å². The molecule has 3 amide bonds. The van der Waals surface area contributed by atoms with E-state index in [4.69, 9.17) is 4.74 Å². The lowest BCUT2D eigenvalue weighted by molar-refractivity contribution is -0.143. The molecule has 0 aliphatic heterocycles. The molecule has 0 bridgehead atoms. The Morgan fingerprint density at radius 1 is 0.929 bits per heavy atom. The Labute approximate surface area is 252 Å². The SMILES string of the molecule is CCCCCCCCN(C(=O)C(CC(C)C)NC(=O)OC(C)(C)C)C(C(=O)NCc1ccccc1)c1cccc(O)c1. The fourth-order valence-corrected chi connectivity index (χ4v) is 4.82. The summed E-state index contributed by atoms with van der Waals surface area (Å²) in [6.45, 7) is 12.1. The van der Waals surface area contributed by atoms with Crippen molar-refractivity contribution in [1.29, 1.82) is 0 Å². The molecule has 0 aliphatic carbocycles. The molecule has 2 rings (SSSR count). The minimum absolute atomic E-state index is 0.00549. The summed E-state index contributed by atoms with van der Waals surface area (Å²) in [5.74, 6) is -0.613. The van der Waals surface area contributed by atoms with Crippen LogP contribution in [0.5, 0.6) is 5.75 Å². The summed E-state index contributed by atoms with van der Waals surface area (Å²) >= 11 is 0. The van der Waals surface area contributed by atoms with Crippen LogP contribution in [0.25, 0.3) is 0 Å². The second kappa shape index (κ2) is 17.4.